The lowest BCUT2D eigenvalue weighted by Crippen LogP contribution is -2.51. The van der Waals surface area contributed by atoms with Gasteiger partial charge in [-0.25, -0.2) is 0 Å². The van der Waals surface area contributed by atoms with Crippen molar-refractivity contribution in [3.05, 3.63) is 34.3 Å². The first-order valence-corrected chi connectivity index (χ1v) is 6.88. The number of hydrogen-bond donors (Lipinski definition) is 0. The van der Waals surface area contributed by atoms with Gasteiger partial charge in [-0.2, -0.15) is 0 Å². The number of hydrogen-bond acceptors (Lipinski definition) is 2. The highest BCUT2D eigenvalue weighted by Gasteiger charge is 2.30. The van der Waals surface area contributed by atoms with Crippen molar-refractivity contribution in [2.24, 2.45) is 0 Å². The van der Waals surface area contributed by atoms with E-state index < -0.39 is 0 Å². The van der Waals surface area contributed by atoms with Crippen LogP contribution in [0, 0.1) is 0 Å². The smallest absolute Gasteiger partial charge is 0.0757 e. The summed E-state index contributed by atoms with van der Waals surface area (Å²) in [5.41, 5.74) is 1.32. The second-order valence-electron chi connectivity index (χ2n) is 5.48. The first kappa shape index (κ1) is 13.1. The third kappa shape index (κ3) is 3.80. The van der Waals surface area contributed by atoms with Gasteiger partial charge in [0.2, 0.25) is 0 Å². The molecule has 1 aromatic rings. The van der Waals surface area contributed by atoms with Gasteiger partial charge in [-0.05, 0) is 38.5 Å². The predicted octanol–water partition coefficient (Wildman–Crippen LogP) is 3.45. The molecule has 17 heavy (non-hydrogen) atoms. The molecule has 1 fully saturated rings. The maximum Gasteiger partial charge on any atom is 0.0757 e. The maximum absolute atomic E-state index is 5.91. The van der Waals surface area contributed by atoms with Crippen LogP contribution in [0.15, 0.2) is 28.7 Å². The molecular weight excluding hydrogens is 278 g/mol. The van der Waals surface area contributed by atoms with Crippen molar-refractivity contribution < 1.29 is 4.74 Å². The number of morpholine rings is 1. The van der Waals surface area contributed by atoms with Crippen LogP contribution in [0.5, 0.6) is 0 Å². The van der Waals surface area contributed by atoms with Gasteiger partial charge in [-0.3, -0.25) is 4.90 Å². The second-order valence-corrected chi connectivity index (χ2v) is 6.40. The van der Waals surface area contributed by atoms with E-state index in [1.54, 1.807) is 0 Å². The normalized spacial score (nSPS) is 24.8. The Labute approximate surface area is 112 Å². The Bertz CT molecular complexity index is 374. The molecule has 0 aliphatic carbocycles. The monoisotopic (exact) mass is 297 g/mol. The van der Waals surface area contributed by atoms with Gasteiger partial charge >= 0.3 is 0 Å². The highest BCUT2D eigenvalue weighted by molar-refractivity contribution is 9.10. The Hall–Kier alpha value is -0.380. The van der Waals surface area contributed by atoms with Gasteiger partial charge in [0.05, 0.1) is 11.7 Å². The van der Waals surface area contributed by atoms with Crippen LogP contribution in [0.2, 0.25) is 0 Å². The molecule has 0 bridgehead atoms. The summed E-state index contributed by atoms with van der Waals surface area (Å²) in [4.78, 5) is 2.47. The summed E-state index contributed by atoms with van der Waals surface area (Å²) in [6, 6.07) is 8.56. The molecule has 1 saturated heterocycles. The highest BCUT2D eigenvalue weighted by Crippen LogP contribution is 2.22. The van der Waals surface area contributed by atoms with E-state index in [4.69, 9.17) is 4.74 Å². The third-order valence-electron chi connectivity index (χ3n) is 2.96. The molecular formula is C14H20BrNO. The zero-order chi connectivity index (χ0) is 12.5. The molecule has 0 saturated carbocycles. The molecule has 1 heterocycles. The molecule has 1 atom stereocenters. The van der Waals surface area contributed by atoms with Gasteiger partial charge in [0.15, 0.2) is 0 Å². The summed E-state index contributed by atoms with van der Waals surface area (Å²) in [5.74, 6) is 0. The van der Waals surface area contributed by atoms with Crippen LogP contribution in [-0.2, 0) is 11.3 Å². The van der Waals surface area contributed by atoms with Crippen molar-refractivity contribution in [2.45, 2.75) is 39.0 Å². The zero-order valence-corrected chi connectivity index (χ0v) is 12.3. The van der Waals surface area contributed by atoms with E-state index in [0.717, 1.165) is 24.1 Å². The van der Waals surface area contributed by atoms with Crippen LogP contribution in [-0.4, -0.2) is 29.7 Å². The molecule has 2 nitrogen and oxygen atoms in total. The molecule has 0 amide bonds. The van der Waals surface area contributed by atoms with E-state index in [2.05, 4.69) is 65.9 Å². The lowest BCUT2D eigenvalue weighted by molar-refractivity contribution is -0.130. The van der Waals surface area contributed by atoms with Gasteiger partial charge in [0, 0.05) is 24.1 Å². The molecule has 1 aromatic carbocycles. The Balaban J connectivity index is 2.01. The zero-order valence-electron chi connectivity index (χ0n) is 10.7. The Morgan fingerprint density at radius 3 is 2.59 bits per heavy atom. The van der Waals surface area contributed by atoms with Gasteiger partial charge in [0.1, 0.15) is 0 Å². The lowest BCUT2D eigenvalue weighted by atomic mass is 10.0. The van der Waals surface area contributed by atoms with E-state index in [0.29, 0.717) is 6.10 Å². The standard InChI is InChI=1S/C14H20BrNO/c1-11-8-16(10-14(2,3)17-11)9-12-4-6-13(15)7-5-12/h4-7,11H,8-10H2,1-3H3. The van der Waals surface area contributed by atoms with Crippen molar-refractivity contribution in [2.75, 3.05) is 13.1 Å². The Morgan fingerprint density at radius 2 is 2.00 bits per heavy atom. The van der Waals surface area contributed by atoms with E-state index >= 15 is 0 Å². The van der Waals surface area contributed by atoms with Crippen LogP contribution >= 0.6 is 15.9 Å². The van der Waals surface area contributed by atoms with Gasteiger partial charge in [-0.15, -0.1) is 0 Å². The minimum absolute atomic E-state index is 0.0347. The van der Waals surface area contributed by atoms with Crippen molar-refractivity contribution >= 4 is 15.9 Å². The summed E-state index contributed by atoms with van der Waals surface area (Å²) >= 11 is 3.46. The number of ether oxygens (including phenoxy) is 1. The molecule has 3 heteroatoms. The average Bonchev–Trinajstić information content (AvgIpc) is 2.18. The van der Waals surface area contributed by atoms with Crippen molar-refractivity contribution in [3.63, 3.8) is 0 Å². The summed E-state index contributed by atoms with van der Waals surface area (Å²) in [7, 11) is 0. The number of benzene rings is 1. The van der Waals surface area contributed by atoms with Crippen molar-refractivity contribution in [1.29, 1.82) is 0 Å². The van der Waals surface area contributed by atoms with Crippen LogP contribution in [0.25, 0.3) is 0 Å². The van der Waals surface area contributed by atoms with Crippen molar-refractivity contribution in [1.82, 2.24) is 4.90 Å². The Kier molecular flexibility index (Phi) is 3.91. The summed E-state index contributed by atoms with van der Waals surface area (Å²) in [6.07, 6.45) is 0.314. The molecule has 0 radical (unpaired) electrons. The van der Waals surface area contributed by atoms with E-state index in [1.807, 2.05) is 0 Å². The number of nitrogens with zero attached hydrogens (tertiary/aromatic N) is 1. The predicted molar refractivity (Wildman–Crippen MR) is 74.0 cm³/mol. The molecule has 2 rings (SSSR count). The second kappa shape index (κ2) is 5.09. The molecule has 1 unspecified atom stereocenters. The van der Waals surface area contributed by atoms with Gasteiger partial charge in [-0.1, -0.05) is 28.1 Å². The highest BCUT2D eigenvalue weighted by atomic mass is 79.9. The fourth-order valence-corrected chi connectivity index (χ4v) is 2.82. The summed E-state index contributed by atoms with van der Waals surface area (Å²) < 4.78 is 7.05. The minimum atomic E-state index is -0.0347. The fourth-order valence-electron chi connectivity index (χ4n) is 2.55. The van der Waals surface area contributed by atoms with Crippen LogP contribution in [0.3, 0.4) is 0 Å². The summed E-state index contributed by atoms with van der Waals surface area (Å²) in [6.45, 7) is 9.49. The largest absolute Gasteiger partial charge is 0.370 e. The molecule has 0 N–H and O–H groups in total. The molecule has 0 spiro atoms. The first-order valence-electron chi connectivity index (χ1n) is 6.09. The van der Waals surface area contributed by atoms with Crippen LogP contribution in [0.1, 0.15) is 26.3 Å². The fraction of sp³-hybridized carbons (Fsp3) is 0.571. The molecule has 1 aliphatic heterocycles. The SMILES string of the molecule is CC1CN(Cc2ccc(Br)cc2)CC(C)(C)O1. The third-order valence-corrected chi connectivity index (χ3v) is 3.49. The van der Waals surface area contributed by atoms with Crippen molar-refractivity contribution in [3.8, 4) is 0 Å². The van der Waals surface area contributed by atoms with E-state index in [-0.39, 0.29) is 5.60 Å². The molecule has 1 aliphatic rings. The topological polar surface area (TPSA) is 12.5 Å². The van der Waals surface area contributed by atoms with Gasteiger partial charge < -0.3 is 4.74 Å². The van der Waals surface area contributed by atoms with E-state index in [9.17, 15) is 0 Å². The quantitative estimate of drug-likeness (QED) is 0.829. The summed E-state index contributed by atoms with van der Waals surface area (Å²) in [5, 5.41) is 0. The lowest BCUT2D eigenvalue weighted by Gasteiger charge is -2.41. The van der Waals surface area contributed by atoms with Crippen LogP contribution < -0.4 is 0 Å². The maximum atomic E-state index is 5.91. The van der Waals surface area contributed by atoms with Crippen LogP contribution in [0.4, 0.5) is 0 Å². The minimum Gasteiger partial charge on any atom is -0.370 e. The average molecular weight is 298 g/mol. The molecule has 0 aromatic heterocycles. The first-order chi connectivity index (χ1) is 7.94. The van der Waals surface area contributed by atoms with Gasteiger partial charge in [0.25, 0.3) is 0 Å². The molecule has 94 valence electrons. The Morgan fingerprint density at radius 1 is 1.35 bits per heavy atom. The van der Waals surface area contributed by atoms with E-state index in [1.165, 1.54) is 5.56 Å². The number of rotatable bonds is 2. The number of halogens is 1.